The topological polar surface area (TPSA) is 119 Å². The monoisotopic (exact) mass is 475 g/mol. The van der Waals surface area contributed by atoms with E-state index in [0.29, 0.717) is 22.7 Å². The molecular weight excluding hydrogens is 454 g/mol. The van der Waals surface area contributed by atoms with E-state index in [1.165, 1.54) is 43.4 Å². The Labute approximate surface area is 200 Å². The maximum absolute atomic E-state index is 13.4. The highest BCUT2D eigenvalue weighted by Gasteiger charge is 2.47. The molecule has 1 atom stereocenters. The Morgan fingerprint density at radius 2 is 1.37 bits per heavy atom. The first-order chi connectivity index (χ1) is 16.8. The van der Waals surface area contributed by atoms with Crippen molar-refractivity contribution in [1.29, 1.82) is 0 Å². The third kappa shape index (κ3) is 4.54. The van der Waals surface area contributed by atoms with E-state index >= 15 is 0 Å². The molecular formula is C25H21N3O7. The third-order valence-corrected chi connectivity index (χ3v) is 5.67. The van der Waals surface area contributed by atoms with Crippen LogP contribution in [0.4, 0.5) is 21.9 Å². The molecule has 178 valence electrons. The Morgan fingerprint density at radius 3 is 1.89 bits per heavy atom. The molecule has 35 heavy (non-hydrogen) atoms. The van der Waals surface area contributed by atoms with Gasteiger partial charge in [0.15, 0.2) is 5.78 Å². The number of urea groups is 1. The molecule has 1 heterocycles. The van der Waals surface area contributed by atoms with Crippen LogP contribution in [0.3, 0.4) is 0 Å². The van der Waals surface area contributed by atoms with Gasteiger partial charge < -0.3 is 9.47 Å². The van der Waals surface area contributed by atoms with Crippen molar-refractivity contribution in [3.8, 4) is 11.5 Å². The minimum Gasteiger partial charge on any atom is -0.497 e. The SMILES string of the molecule is COc1ccc(C(=O)CC2C(=O)N(c3ccc(OC)cc3)C(=O)N2c2ccc([N+](=O)[O-])cc2)cc1. The molecule has 1 unspecified atom stereocenters. The molecule has 0 radical (unpaired) electrons. The van der Waals surface area contributed by atoms with Gasteiger partial charge in [-0.25, -0.2) is 9.69 Å². The van der Waals surface area contributed by atoms with Gasteiger partial charge in [0.25, 0.3) is 11.6 Å². The molecule has 0 bridgehead atoms. The minimum absolute atomic E-state index is 0.162. The number of nitro benzene ring substituents is 1. The molecule has 4 rings (SSSR count). The summed E-state index contributed by atoms with van der Waals surface area (Å²) in [7, 11) is 3.01. The van der Waals surface area contributed by atoms with Gasteiger partial charge in [-0.2, -0.15) is 0 Å². The first-order valence-electron chi connectivity index (χ1n) is 10.6. The number of nitro groups is 1. The number of benzene rings is 3. The Morgan fingerprint density at radius 1 is 0.857 bits per heavy atom. The van der Waals surface area contributed by atoms with Crippen molar-refractivity contribution in [3.63, 3.8) is 0 Å². The van der Waals surface area contributed by atoms with E-state index in [9.17, 15) is 24.5 Å². The normalized spacial score (nSPS) is 15.3. The summed E-state index contributed by atoms with van der Waals surface area (Å²) in [5, 5.41) is 11.1. The predicted molar refractivity (Wildman–Crippen MR) is 127 cm³/mol. The number of amides is 3. The van der Waals surface area contributed by atoms with Gasteiger partial charge in [0.05, 0.1) is 24.8 Å². The zero-order valence-electron chi connectivity index (χ0n) is 18.9. The number of nitrogens with zero attached hydrogens (tertiary/aromatic N) is 3. The van der Waals surface area contributed by atoms with Gasteiger partial charge in [-0.05, 0) is 60.7 Å². The number of carbonyl (C=O) groups is 3. The number of carbonyl (C=O) groups excluding carboxylic acids is 3. The smallest absolute Gasteiger partial charge is 0.336 e. The van der Waals surface area contributed by atoms with Crippen LogP contribution < -0.4 is 19.3 Å². The molecule has 3 amide bonds. The molecule has 10 heteroatoms. The van der Waals surface area contributed by atoms with E-state index in [1.54, 1.807) is 48.5 Å². The number of Topliss-reactive ketones (excluding diaryl/α,β-unsaturated/α-hetero) is 1. The molecule has 0 aromatic heterocycles. The quantitative estimate of drug-likeness (QED) is 0.207. The molecule has 3 aromatic rings. The summed E-state index contributed by atoms with van der Waals surface area (Å²) < 4.78 is 10.3. The molecule has 0 spiro atoms. The van der Waals surface area contributed by atoms with Crippen molar-refractivity contribution < 1.29 is 28.8 Å². The van der Waals surface area contributed by atoms with Crippen molar-refractivity contribution in [3.05, 3.63) is 88.5 Å². The summed E-state index contributed by atoms with van der Waals surface area (Å²) in [6.45, 7) is 0. The largest absolute Gasteiger partial charge is 0.497 e. The lowest BCUT2D eigenvalue weighted by molar-refractivity contribution is -0.384. The second-order valence-corrected chi connectivity index (χ2v) is 7.67. The van der Waals surface area contributed by atoms with Gasteiger partial charge in [0.2, 0.25) is 0 Å². The van der Waals surface area contributed by atoms with Crippen LogP contribution in [0.25, 0.3) is 0 Å². The molecule has 0 aliphatic carbocycles. The highest BCUT2D eigenvalue weighted by molar-refractivity contribution is 6.29. The van der Waals surface area contributed by atoms with Crippen molar-refractivity contribution >= 4 is 34.8 Å². The van der Waals surface area contributed by atoms with E-state index in [1.807, 2.05) is 0 Å². The number of non-ortho nitro benzene ring substituents is 1. The van der Waals surface area contributed by atoms with Gasteiger partial charge in [0, 0.05) is 29.8 Å². The number of hydrogen-bond donors (Lipinski definition) is 0. The molecule has 10 nitrogen and oxygen atoms in total. The molecule has 0 N–H and O–H groups in total. The van der Waals surface area contributed by atoms with Gasteiger partial charge in [-0.15, -0.1) is 0 Å². The van der Waals surface area contributed by atoms with E-state index in [-0.39, 0.29) is 23.6 Å². The first kappa shape index (κ1) is 23.4. The Balaban J connectivity index is 1.70. The number of rotatable bonds is 8. The standard InChI is InChI=1S/C25H21N3O7/c1-34-20-11-3-16(4-12-20)23(29)15-22-24(30)27(18-9-13-21(35-2)14-10-18)25(31)26(22)17-5-7-19(8-6-17)28(32)33/h3-14,22H,15H2,1-2H3. The summed E-state index contributed by atoms with van der Waals surface area (Å²) in [4.78, 5) is 52.6. The maximum Gasteiger partial charge on any atom is 0.336 e. The van der Waals surface area contributed by atoms with Gasteiger partial charge in [-0.1, -0.05) is 0 Å². The van der Waals surface area contributed by atoms with Crippen LogP contribution in [-0.4, -0.2) is 42.9 Å². The summed E-state index contributed by atoms with van der Waals surface area (Å²) in [6.07, 6.45) is -0.277. The predicted octanol–water partition coefficient (Wildman–Crippen LogP) is 4.23. The fourth-order valence-corrected chi connectivity index (χ4v) is 3.84. The van der Waals surface area contributed by atoms with Gasteiger partial charge in [-0.3, -0.25) is 24.6 Å². The van der Waals surface area contributed by atoms with Crippen LogP contribution in [0.15, 0.2) is 72.8 Å². The maximum atomic E-state index is 13.4. The number of anilines is 2. The van der Waals surface area contributed by atoms with Crippen LogP contribution in [0, 0.1) is 10.1 Å². The first-order valence-corrected chi connectivity index (χ1v) is 10.6. The van der Waals surface area contributed by atoms with Crippen LogP contribution in [0.2, 0.25) is 0 Å². The number of ketones is 1. The number of imide groups is 1. The average molecular weight is 475 g/mol. The van der Waals surface area contributed by atoms with Crippen molar-refractivity contribution in [2.24, 2.45) is 0 Å². The summed E-state index contributed by atoms with van der Waals surface area (Å²) in [5.41, 5.74) is 0.770. The molecule has 0 saturated carbocycles. The van der Waals surface area contributed by atoms with E-state index in [2.05, 4.69) is 0 Å². The lowest BCUT2D eigenvalue weighted by Crippen LogP contribution is -2.36. The Bertz CT molecular complexity index is 1270. The zero-order valence-corrected chi connectivity index (χ0v) is 18.9. The number of ether oxygens (including phenoxy) is 2. The van der Waals surface area contributed by atoms with Crippen molar-refractivity contribution in [1.82, 2.24) is 0 Å². The van der Waals surface area contributed by atoms with Gasteiger partial charge in [0.1, 0.15) is 17.5 Å². The molecule has 1 fully saturated rings. The fraction of sp³-hybridized carbons (Fsp3) is 0.160. The lowest BCUT2D eigenvalue weighted by Gasteiger charge is -2.21. The fourth-order valence-electron chi connectivity index (χ4n) is 3.84. The van der Waals surface area contributed by atoms with E-state index < -0.39 is 22.9 Å². The third-order valence-electron chi connectivity index (χ3n) is 5.67. The highest BCUT2D eigenvalue weighted by Crippen LogP contribution is 2.33. The summed E-state index contributed by atoms with van der Waals surface area (Å²) in [6, 6.07) is 16.2. The number of methoxy groups -OCH3 is 2. The lowest BCUT2D eigenvalue weighted by atomic mass is 10.0. The van der Waals surface area contributed by atoms with Gasteiger partial charge >= 0.3 is 6.03 Å². The second-order valence-electron chi connectivity index (χ2n) is 7.67. The highest BCUT2D eigenvalue weighted by atomic mass is 16.6. The summed E-state index contributed by atoms with van der Waals surface area (Å²) >= 11 is 0. The minimum atomic E-state index is -1.14. The van der Waals surface area contributed by atoms with Crippen LogP contribution in [0.1, 0.15) is 16.8 Å². The Kier molecular flexibility index (Phi) is 6.45. The number of hydrogen-bond acceptors (Lipinski definition) is 7. The average Bonchev–Trinajstić information content (AvgIpc) is 3.12. The van der Waals surface area contributed by atoms with Crippen LogP contribution in [0.5, 0.6) is 11.5 Å². The van der Waals surface area contributed by atoms with E-state index in [4.69, 9.17) is 9.47 Å². The zero-order chi connectivity index (χ0) is 25.1. The molecule has 1 aliphatic heterocycles. The molecule has 1 aliphatic rings. The second kappa shape index (κ2) is 9.64. The summed E-state index contributed by atoms with van der Waals surface area (Å²) in [5.74, 6) is 0.195. The Hall–Kier alpha value is -4.73. The van der Waals surface area contributed by atoms with Crippen LogP contribution in [-0.2, 0) is 4.79 Å². The molecule has 3 aromatic carbocycles. The van der Waals surface area contributed by atoms with Crippen molar-refractivity contribution in [2.75, 3.05) is 24.0 Å². The van der Waals surface area contributed by atoms with Crippen LogP contribution >= 0.6 is 0 Å². The van der Waals surface area contributed by atoms with E-state index in [0.717, 1.165) is 4.90 Å². The van der Waals surface area contributed by atoms with Crippen molar-refractivity contribution in [2.45, 2.75) is 12.5 Å². The molecule has 1 saturated heterocycles.